The van der Waals surface area contributed by atoms with Crippen molar-refractivity contribution in [3.05, 3.63) is 70.1 Å². The maximum Gasteiger partial charge on any atom is 0.348 e. The average Bonchev–Trinajstić information content (AvgIpc) is 3.12. The zero-order valence-electron chi connectivity index (χ0n) is 14.0. The first-order valence-corrected chi connectivity index (χ1v) is 9.00. The summed E-state index contributed by atoms with van der Waals surface area (Å²) in [5, 5.41) is 1.03. The first kappa shape index (κ1) is 16.5. The third kappa shape index (κ3) is 2.59. The molecule has 6 heteroatoms. The molecule has 0 unspecified atom stereocenters. The molecule has 0 fully saturated rings. The number of hydrogen-bond donors (Lipinski definition) is 0. The standard InChI is InChI=1S/C20H15NO4S/c1-12-13-6-4-5-9-16(13)26-17(12)20(24)25-11-10-21-18(22)14-7-2-3-8-15(14)19(21)23/h2-9H,10-11H2,1H3. The van der Waals surface area contributed by atoms with E-state index < -0.39 is 5.97 Å². The van der Waals surface area contributed by atoms with Gasteiger partial charge < -0.3 is 4.74 Å². The summed E-state index contributed by atoms with van der Waals surface area (Å²) < 4.78 is 6.35. The molecule has 0 aliphatic carbocycles. The number of rotatable bonds is 4. The second kappa shape index (κ2) is 6.38. The van der Waals surface area contributed by atoms with Crippen LogP contribution >= 0.6 is 11.3 Å². The molecule has 0 N–H and O–H groups in total. The summed E-state index contributed by atoms with van der Waals surface area (Å²) in [6.45, 7) is 1.90. The molecular weight excluding hydrogens is 350 g/mol. The fourth-order valence-corrected chi connectivity index (χ4v) is 4.21. The normalized spacial score (nSPS) is 13.3. The quantitative estimate of drug-likeness (QED) is 0.523. The van der Waals surface area contributed by atoms with Crippen molar-refractivity contribution in [3.8, 4) is 0 Å². The smallest absolute Gasteiger partial charge is 0.348 e. The second-order valence-electron chi connectivity index (χ2n) is 6.00. The molecule has 0 atom stereocenters. The Morgan fingerprint density at radius 3 is 2.27 bits per heavy atom. The highest BCUT2D eigenvalue weighted by molar-refractivity contribution is 7.21. The maximum atomic E-state index is 12.4. The minimum absolute atomic E-state index is 0.0298. The number of nitrogens with zero attached hydrogens (tertiary/aromatic N) is 1. The van der Waals surface area contributed by atoms with E-state index in [-0.39, 0.29) is 25.0 Å². The molecule has 3 aromatic rings. The molecular formula is C20H15NO4S. The van der Waals surface area contributed by atoms with E-state index in [9.17, 15) is 14.4 Å². The zero-order valence-corrected chi connectivity index (χ0v) is 14.8. The van der Waals surface area contributed by atoms with Gasteiger partial charge in [-0.1, -0.05) is 30.3 Å². The van der Waals surface area contributed by atoms with Crippen LogP contribution in [0.25, 0.3) is 10.1 Å². The summed E-state index contributed by atoms with van der Waals surface area (Å²) in [7, 11) is 0. The lowest BCUT2D eigenvalue weighted by Gasteiger charge is -2.13. The Labute approximate surface area is 153 Å². The molecule has 0 spiro atoms. The number of carbonyl (C=O) groups is 3. The van der Waals surface area contributed by atoms with Gasteiger partial charge in [0, 0.05) is 4.70 Å². The molecule has 1 aliphatic rings. The minimum atomic E-state index is -0.430. The lowest BCUT2D eigenvalue weighted by atomic mass is 10.1. The number of amides is 2. The Hall–Kier alpha value is -2.99. The molecule has 0 saturated heterocycles. The molecule has 1 aliphatic heterocycles. The highest BCUT2D eigenvalue weighted by Gasteiger charge is 2.34. The Kier molecular flexibility index (Phi) is 4.05. The second-order valence-corrected chi connectivity index (χ2v) is 7.05. The van der Waals surface area contributed by atoms with Crippen molar-refractivity contribution in [2.45, 2.75) is 6.92 Å². The number of hydrogen-bond acceptors (Lipinski definition) is 5. The van der Waals surface area contributed by atoms with Gasteiger partial charge in [-0.15, -0.1) is 11.3 Å². The summed E-state index contributed by atoms with van der Waals surface area (Å²) in [5.74, 6) is -1.13. The number of thiophene rings is 1. The molecule has 2 aromatic carbocycles. The van der Waals surface area contributed by atoms with E-state index >= 15 is 0 Å². The van der Waals surface area contributed by atoms with Gasteiger partial charge >= 0.3 is 5.97 Å². The molecule has 26 heavy (non-hydrogen) atoms. The Balaban J connectivity index is 1.44. The predicted molar refractivity (Wildman–Crippen MR) is 98.7 cm³/mol. The molecule has 0 bridgehead atoms. The van der Waals surface area contributed by atoms with Crippen molar-refractivity contribution in [2.75, 3.05) is 13.2 Å². The highest BCUT2D eigenvalue weighted by atomic mass is 32.1. The molecule has 0 radical (unpaired) electrons. The van der Waals surface area contributed by atoms with Crippen LogP contribution in [-0.4, -0.2) is 35.8 Å². The number of aryl methyl sites for hydroxylation is 1. The van der Waals surface area contributed by atoms with Crippen LogP contribution in [0.5, 0.6) is 0 Å². The van der Waals surface area contributed by atoms with Crippen LogP contribution in [0.4, 0.5) is 0 Å². The van der Waals surface area contributed by atoms with Gasteiger partial charge in [-0.2, -0.15) is 0 Å². The van der Waals surface area contributed by atoms with Gasteiger partial charge in [-0.05, 0) is 36.1 Å². The third-order valence-corrected chi connectivity index (χ3v) is 5.71. The number of benzene rings is 2. The van der Waals surface area contributed by atoms with E-state index in [1.54, 1.807) is 24.3 Å². The van der Waals surface area contributed by atoms with Crippen LogP contribution in [0.1, 0.15) is 36.0 Å². The Bertz CT molecular complexity index is 1020. The van der Waals surface area contributed by atoms with Gasteiger partial charge in [-0.3, -0.25) is 14.5 Å². The number of ether oxygens (including phenoxy) is 1. The molecule has 130 valence electrons. The molecule has 1 aromatic heterocycles. The van der Waals surface area contributed by atoms with E-state index in [0.717, 1.165) is 20.5 Å². The molecule has 5 nitrogen and oxygen atoms in total. The first-order chi connectivity index (χ1) is 12.6. The SMILES string of the molecule is Cc1c(C(=O)OCCN2C(=O)c3ccccc3C2=O)sc2ccccc12. The fourth-order valence-electron chi connectivity index (χ4n) is 3.11. The van der Waals surface area contributed by atoms with Gasteiger partial charge in [0.2, 0.25) is 0 Å². The molecule has 2 amide bonds. The summed E-state index contributed by atoms with van der Waals surface area (Å²) in [5.41, 5.74) is 1.67. The van der Waals surface area contributed by atoms with Crippen LogP contribution in [-0.2, 0) is 4.74 Å². The molecule has 2 heterocycles. The Morgan fingerprint density at radius 2 is 1.62 bits per heavy atom. The van der Waals surface area contributed by atoms with Gasteiger partial charge in [0.05, 0.1) is 17.7 Å². The van der Waals surface area contributed by atoms with Crippen LogP contribution in [0.2, 0.25) is 0 Å². The van der Waals surface area contributed by atoms with E-state index in [2.05, 4.69) is 0 Å². The van der Waals surface area contributed by atoms with E-state index in [0.29, 0.717) is 16.0 Å². The van der Waals surface area contributed by atoms with Crippen LogP contribution < -0.4 is 0 Å². The zero-order chi connectivity index (χ0) is 18.3. The van der Waals surface area contributed by atoms with Crippen LogP contribution in [0, 0.1) is 6.92 Å². The van der Waals surface area contributed by atoms with Crippen LogP contribution in [0.3, 0.4) is 0 Å². The van der Waals surface area contributed by atoms with Gasteiger partial charge in [0.1, 0.15) is 11.5 Å². The summed E-state index contributed by atoms with van der Waals surface area (Å²) in [6.07, 6.45) is 0. The molecule has 4 rings (SSSR count). The van der Waals surface area contributed by atoms with Crippen molar-refractivity contribution in [1.82, 2.24) is 4.90 Å². The molecule has 0 saturated carbocycles. The van der Waals surface area contributed by atoms with Crippen molar-refractivity contribution in [2.24, 2.45) is 0 Å². The van der Waals surface area contributed by atoms with Gasteiger partial charge in [0.15, 0.2) is 0 Å². The van der Waals surface area contributed by atoms with Crippen LogP contribution in [0.15, 0.2) is 48.5 Å². The van der Waals surface area contributed by atoms with Crippen molar-refractivity contribution in [3.63, 3.8) is 0 Å². The summed E-state index contributed by atoms with van der Waals surface area (Å²) in [4.78, 5) is 38.6. The van der Waals surface area contributed by atoms with E-state index in [1.165, 1.54) is 11.3 Å². The number of esters is 1. The van der Waals surface area contributed by atoms with Crippen molar-refractivity contribution < 1.29 is 19.1 Å². The first-order valence-electron chi connectivity index (χ1n) is 8.18. The lowest BCUT2D eigenvalue weighted by Crippen LogP contribution is -2.33. The van der Waals surface area contributed by atoms with Crippen molar-refractivity contribution in [1.29, 1.82) is 0 Å². The third-order valence-electron chi connectivity index (χ3n) is 4.46. The maximum absolute atomic E-state index is 12.4. The number of fused-ring (bicyclic) bond motifs is 2. The number of carbonyl (C=O) groups excluding carboxylic acids is 3. The predicted octanol–water partition coefficient (Wildman–Crippen LogP) is 3.66. The minimum Gasteiger partial charge on any atom is -0.460 e. The van der Waals surface area contributed by atoms with E-state index in [4.69, 9.17) is 4.74 Å². The van der Waals surface area contributed by atoms with E-state index in [1.807, 2.05) is 31.2 Å². The Morgan fingerprint density at radius 1 is 1.00 bits per heavy atom. The highest BCUT2D eigenvalue weighted by Crippen LogP contribution is 2.31. The summed E-state index contributed by atoms with van der Waals surface area (Å²) in [6, 6.07) is 14.5. The topological polar surface area (TPSA) is 63.7 Å². The lowest BCUT2D eigenvalue weighted by molar-refractivity contribution is 0.0424. The summed E-state index contributed by atoms with van der Waals surface area (Å²) >= 11 is 1.38. The monoisotopic (exact) mass is 365 g/mol. The largest absolute Gasteiger partial charge is 0.460 e. The van der Waals surface area contributed by atoms with Gasteiger partial charge in [0.25, 0.3) is 11.8 Å². The fraction of sp³-hybridized carbons (Fsp3) is 0.150. The number of imide groups is 1. The average molecular weight is 365 g/mol. The van der Waals surface area contributed by atoms with Gasteiger partial charge in [-0.25, -0.2) is 4.79 Å². The van der Waals surface area contributed by atoms with Crippen molar-refractivity contribution >= 4 is 39.2 Å².